The molecule has 0 atom stereocenters. The van der Waals surface area contributed by atoms with Crippen molar-refractivity contribution in [2.75, 3.05) is 23.8 Å². The molecule has 1 amide bonds. The second-order valence-electron chi connectivity index (χ2n) is 7.35. The maximum absolute atomic E-state index is 13.0. The summed E-state index contributed by atoms with van der Waals surface area (Å²) in [6.45, 7) is 1.91. The normalized spacial score (nSPS) is 10.3. The number of hydrogen-bond acceptors (Lipinski definition) is 6. The summed E-state index contributed by atoms with van der Waals surface area (Å²) in [6, 6.07) is 16.7. The van der Waals surface area contributed by atoms with Gasteiger partial charge in [-0.25, -0.2) is 4.79 Å². The molecule has 0 spiro atoms. The van der Waals surface area contributed by atoms with Gasteiger partial charge in [0.2, 0.25) is 0 Å². The number of amides is 1. The fourth-order valence-electron chi connectivity index (χ4n) is 3.25. The number of anilines is 2. The number of nitrogens with one attached hydrogen (secondary N) is 3. The zero-order valence-corrected chi connectivity index (χ0v) is 19.7. The molecule has 0 radical (unpaired) electrons. The van der Waals surface area contributed by atoms with Gasteiger partial charge in [-0.05, 0) is 55.5 Å². The molecule has 182 valence electrons. The summed E-state index contributed by atoms with van der Waals surface area (Å²) >= 11 is 6.15. The first kappa shape index (κ1) is 25.4. The van der Waals surface area contributed by atoms with E-state index in [4.69, 9.17) is 37.3 Å². The van der Waals surface area contributed by atoms with Crippen molar-refractivity contribution >= 4 is 40.7 Å². The summed E-state index contributed by atoms with van der Waals surface area (Å²) in [5.41, 5.74) is 8.01. The molecule has 10 heteroatoms. The Kier molecular flexibility index (Phi) is 8.53. The molecule has 0 bridgehead atoms. The van der Waals surface area contributed by atoms with E-state index in [-0.39, 0.29) is 12.4 Å². The number of halogens is 1. The first-order chi connectivity index (χ1) is 16.8. The Morgan fingerprint density at radius 1 is 1.09 bits per heavy atom. The Balaban J connectivity index is 1.82. The number of amidine groups is 1. The number of aliphatic carboxylic acids is 1. The molecule has 0 heterocycles. The molecular weight excluding hydrogens is 472 g/mol. The van der Waals surface area contributed by atoms with Crippen LogP contribution in [0.3, 0.4) is 0 Å². The molecular formula is C25H25ClN4O5. The van der Waals surface area contributed by atoms with Crippen LogP contribution in [-0.2, 0) is 11.3 Å². The van der Waals surface area contributed by atoms with Gasteiger partial charge in [-0.3, -0.25) is 10.2 Å². The van der Waals surface area contributed by atoms with Crippen LogP contribution in [-0.4, -0.2) is 36.0 Å². The highest BCUT2D eigenvalue weighted by Gasteiger charge is 2.16. The molecule has 0 saturated heterocycles. The maximum atomic E-state index is 13.0. The molecule has 0 unspecified atom stereocenters. The van der Waals surface area contributed by atoms with Crippen molar-refractivity contribution in [2.45, 2.75) is 13.5 Å². The highest BCUT2D eigenvalue weighted by atomic mass is 35.5. The van der Waals surface area contributed by atoms with Crippen LogP contribution in [0.25, 0.3) is 0 Å². The molecule has 0 aliphatic heterocycles. The number of para-hydroxylation sites is 1. The monoisotopic (exact) mass is 496 g/mol. The Hall–Kier alpha value is -4.24. The fourth-order valence-corrected chi connectivity index (χ4v) is 3.42. The van der Waals surface area contributed by atoms with E-state index in [0.717, 1.165) is 0 Å². The van der Waals surface area contributed by atoms with Crippen molar-refractivity contribution in [1.29, 1.82) is 5.41 Å². The van der Waals surface area contributed by atoms with Crippen molar-refractivity contribution < 1.29 is 24.2 Å². The maximum Gasteiger partial charge on any atom is 0.341 e. The first-order valence-electron chi connectivity index (χ1n) is 10.7. The molecule has 6 N–H and O–H groups in total. The van der Waals surface area contributed by atoms with Gasteiger partial charge in [-0.2, -0.15) is 0 Å². The number of nitrogens with two attached hydrogens (primary N) is 1. The number of rotatable bonds is 11. The molecule has 35 heavy (non-hydrogen) atoms. The number of hydrogen-bond donors (Lipinski definition) is 5. The number of carboxylic acid groups (broad SMARTS) is 1. The van der Waals surface area contributed by atoms with Gasteiger partial charge in [0.25, 0.3) is 5.91 Å². The predicted octanol–water partition coefficient (Wildman–Crippen LogP) is 4.35. The van der Waals surface area contributed by atoms with Crippen molar-refractivity contribution in [3.05, 3.63) is 82.4 Å². The highest BCUT2D eigenvalue weighted by Crippen LogP contribution is 2.32. The third-order valence-corrected chi connectivity index (χ3v) is 5.08. The van der Waals surface area contributed by atoms with Gasteiger partial charge in [-0.15, -0.1) is 0 Å². The molecule has 0 fully saturated rings. The first-order valence-corrected chi connectivity index (χ1v) is 11.0. The van der Waals surface area contributed by atoms with E-state index in [9.17, 15) is 9.59 Å². The lowest BCUT2D eigenvalue weighted by molar-refractivity contribution is -0.139. The standard InChI is InChI=1S/C25H25ClN4O5/c1-2-34-21-5-3-4-16(23(21)35-14-22(31)32)13-29-20-11-8-17(26)12-19(20)25(33)30-18-9-6-15(7-10-18)24(27)28/h3-12,29H,2,13-14H2,1H3,(H3,27,28)(H,30,33)(H,31,32). The van der Waals surface area contributed by atoms with Crippen LogP contribution in [0.1, 0.15) is 28.4 Å². The van der Waals surface area contributed by atoms with Crippen LogP contribution in [0.2, 0.25) is 5.02 Å². The van der Waals surface area contributed by atoms with Crippen LogP contribution >= 0.6 is 11.6 Å². The fraction of sp³-hybridized carbons (Fsp3) is 0.160. The lowest BCUT2D eigenvalue weighted by Crippen LogP contribution is -2.16. The van der Waals surface area contributed by atoms with Gasteiger partial charge < -0.3 is 30.9 Å². The molecule has 0 saturated carbocycles. The number of benzene rings is 3. The van der Waals surface area contributed by atoms with Crippen LogP contribution in [0.5, 0.6) is 11.5 Å². The summed E-state index contributed by atoms with van der Waals surface area (Å²) < 4.78 is 11.1. The van der Waals surface area contributed by atoms with Crippen LogP contribution < -0.4 is 25.8 Å². The quantitative estimate of drug-likeness (QED) is 0.196. The predicted molar refractivity (Wildman–Crippen MR) is 135 cm³/mol. The minimum Gasteiger partial charge on any atom is -0.490 e. The lowest BCUT2D eigenvalue weighted by atomic mass is 10.1. The Labute approximate surface area is 207 Å². The number of carbonyl (C=O) groups excluding carboxylic acids is 1. The van der Waals surface area contributed by atoms with Gasteiger partial charge in [0, 0.05) is 34.1 Å². The molecule has 0 aliphatic rings. The molecule has 9 nitrogen and oxygen atoms in total. The van der Waals surface area contributed by atoms with E-state index in [1.807, 2.05) is 6.92 Å². The Bertz CT molecular complexity index is 1230. The third kappa shape index (κ3) is 6.87. The summed E-state index contributed by atoms with van der Waals surface area (Å²) in [6.07, 6.45) is 0. The Morgan fingerprint density at radius 2 is 1.83 bits per heavy atom. The highest BCUT2D eigenvalue weighted by molar-refractivity contribution is 6.31. The molecule has 0 aliphatic carbocycles. The van der Waals surface area contributed by atoms with E-state index >= 15 is 0 Å². The van der Waals surface area contributed by atoms with E-state index < -0.39 is 18.5 Å². The minimum absolute atomic E-state index is 0.0655. The minimum atomic E-state index is -1.11. The number of carbonyl (C=O) groups is 2. The molecule has 0 aromatic heterocycles. The van der Waals surface area contributed by atoms with Crippen molar-refractivity contribution in [3.63, 3.8) is 0 Å². The van der Waals surface area contributed by atoms with Crippen molar-refractivity contribution in [3.8, 4) is 11.5 Å². The van der Waals surface area contributed by atoms with Crippen molar-refractivity contribution in [2.24, 2.45) is 5.73 Å². The second-order valence-corrected chi connectivity index (χ2v) is 7.78. The number of nitrogen functional groups attached to an aromatic ring is 1. The molecule has 3 aromatic rings. The third-order valence-electron chi connectivity index (χ3n) is 4.85. The number of carboxylic acids is 1. The topological polar surface area (TPSA) is 147 Å². The van der Waals surface area contributed by atoms with Crippen LogP contribution in [0, 0.1) is 5.41 Å². The Morgan fingerprint density at radius 3 is 2.49 bits per heavy atom. The summed E-state index contributed by atoms with van der Waals surface area (Å²) in [7, 11) is 0. The SMILES string of the molecule is CCOc1cccc(CNc2ccc(Cl)cc2C(=O)Nc2ccc(C(=N)N)cc2)c1OCC(=O)O. The lowest BCUT2D eigenvalue weighted by Gasteiger charge is -2.17. The zero-order chi connectivity index (χ0) is 25.4. The van der Waals surface area contributed by atoms with Gasteiger partial charge in [0.05, 0.1) is 12.2 Å². The molecule has 3 rings (SSSR count). The summed E-state index contributed by atoms with van der Waals surface area (Å²) in [5.74, 6) is -0.825. The van der Waals surface area contributed by atoms with Gasteiger partial charge in [-0.1, -0.05) is 23.7 Å². The number of ether oxygens (including phenoxy) is 2. The average molecular weight is 497 g/mol. The van der Waals surface area contributed by atoms with Crippen LogP contribution in [0.4, 0.5) is 11.4 Å². The molecule has 3 aromatic carbocycles. The van der Waals surface area contributed by atoms with E-state index in [1.165, 1.54) is 0 Å². The van der Waals surface area contributed by atoms with Gasteiger partial charge in [0.15, 0.2) is 18.1 Å². The second kappa shape index (κ2) is 11.8. The van der Waals surface area contributed by atoms with Gasteiger partial charge in [0.1, 0.15) is 5.84 Å². The van der Waals surface area contributed by atoms with Crippen molar-refractivity contribution in [1.82, 2.24) is 0 Å². The van der Waals surface area contributed by atoms with E-state index in [2.05, 4.69) is 10.6 Å². The summed E-state index contributed by atoms with van der Waals surface area (Å²) in [4.78, 5) is 24.0. The van der Waals surface area contributed by atoms with E-state index in [1.54, 1.807) is 60.7 Å². The zero-order valence-electron chi connectivity index (χ0n) is 18.9. The van der Waals surface area contributed by atoms with E-state index in [0.29, 0.717) is 51.2 Å². The average Bonchev–Trinajstić information content (AvgIpc) is 2.83. The largest absolute Gasteiger partial charge is 0.490 e. The summed E-state index contributed by atoms with van der Waals surface area (Å²) in [5, 5.41) is 22.9. The van der Waals surface area contributed by atoms with Gasteiger partial charge >= 0.3 is 5.97 Å². The van der Waals surface area contributed by atoms with Crippen LogP contribution in [0.15, 0.2) is 60.7 Å². The smallest absolute Gasteiger partial charge is 0.341 e.